The number of aryl methyl sites for hydroxylation is 1. The number of nitrogens with zero attached hydrogens (tertiary/aromatic N) is 3. The minimum absolute atomic E-state index is 0.283. The summed E-state index contributed by atoms with van der Waals surface area (Å²) in [6.45, 7) is 4.52. The van der Waals surface area contributed by atoms with E-state index >= 15 is 0 Å². The molecule has 0 bridgehead atoms. The largest absolute Gasteiger partial charge is 0.468 e. The molecule has 0 aliphatic carbocycles. The molecule has 0 spiro atoms. The first kappa shape index (κ1) is 15.7. The molecule has 0 saturated heterocycles. The number of nitrogens with one attached hydrogen (secondary N) is 1. The summed E-state index contributed by atoms with van der Waals surface area (Å²) in [6, 6.07) is -0.449. The lowest BCUT2D eigenvalue weighted by atomic mass is 10.1. The van der Waals surface area contributed by atoms with Crippen molar-refractivity contribution in [1.29, 1.82) is 0 Å². The number of hydrogen-bond donors (Lipinski definition) is 1. The van der Waals surface area contributed by atoms with Gasteiger partial charge in [-0.3, -0.25) is 10.00 Å². The first-order valence-electron chi connectivity index (χ1n) is 6.56. The van der Waals surface area contributed by atoms with Gasteiger partial charge in [0.15, 0.2) is 0 Å². The van der Waals surface area contributed by atoms with E-state index in [1.165, 1.54) is 7.11 Å². The average Bonchev–Trinajstić information content (AvgIpc) is 2.82. The van der Waals surface area contributed by atoms with Crippen molar-refractivity contribution in [1.82, 2.24) is 20.0 Å². The van der Waals surface area contributed by atoms with Crippen LogP contribution in [0.1, 0.15) is 24.9 Å². The topological polar surface area (TPSA) is 59.4 Å². The van der Waals surface area contributed by atoms with Crippen LogP contribution in [0, 0.1) is 0 Å². The van der Waals surface area contributed by atoms with Crippen LogP contribution in [-0.2, 0) is 16.1 Å². The maximum Gasteiger partial charge on any atom is 0.327 e. The predicted octanol–water partition coefficient (Wildman–Crippen LogP) is 0.658. The van der Waals surface area contributed by atoms with Crippen LogP contribution in [0.2, 0.25) is 0 Å². The fraction of sp³-hybridized carbons (Fsp3) is 0.692. The standard InChI is InChI=1S/C13H24N4O2/c1-5-7-17-10-11(9-15-17)12(13(18)19-4)14-6-8-16(2)3/h9-10,12,14H,5-8H2,1-4H3. The SMILES string of the molecule is CCCn1cc(C(NCCN(C)C)C(=O)OC)cn1. The summed E-state index contributed by atoms with van der Waals surface area (Å²) in [7, 11) is 5.39. The summed E-state index contributed by atoms with van der Waals surface area (Å²) < 4.78 is 6.69. The average molecular weight is 268 g/mol. The molecule has 0 fully saturated rings. The van der Waals surface area contributed by atoms with E-state index in [2.05, 4.69) is 22.2 Å². The second-order valence-corrected chi connectivity index (χ2v) is 4.75. The highest BCUT2D eigenvalue weighted by Gasteiger charge is 2.22. The van der Waals surface area contributed by atoms with Crippen molar-refractivity contribution < 1.29 is 9.53 Å². The van der Waals surface area contributed by atoms with Gasteiger partial charge in [-0.25, -0.2) is 4.79 Å². The van der Waals surface area contributed by atoms with Crippen LogP contribution >= 0.6 is 0 Å². The van der Waals surface area contributed by atoms with Gasteiger partial charge in [-0.1, -0.05) is 6.92 Å². The molecule has 0 aliphatic rings. The van der Waals surface area contributed by atoms with E-state index in [1.807, 2.05) is 25.0 Å². The number of likely N-dealkylation sites (N-methyl/N-ethyl adjacent to an activating group) is 1. The van der Waals surface area contributed by atoms with E-state index in [1.54, 1.807) is 6.20 Å². The van der Waals surface area contributed by atoms with E-state index in [9.17, 15) is 4.79 Å². The van der Waals surface area contributed by atoms with Gasteiger partial charge >= 0.3 is 5.97 Å². The molecule has 1 rings (SSSR count). The normalized spacial score (nSPS) is 12.7. The third-order valence-electron chi connectivity index (χ3n) is 2.78. The minimum Gasteiger partial charge on any atom is -0.468 e. The Labute approximate surface area is 114 Å². The molecule has 19 heavy (non-hydrogen) atoms. The fourth-order valence-electron chi connectivity index (χ4n) is 1.77. The highest BCUT2D eigenvalue weighted by atomic mass is 16.5. The zero-order valence-electron chi connectivity index (χ0n) is 12.2. The quantitative estimate of drug-likeness (QED) is 0.702. The highest BCUT2D eigenvalue weighted by molar-refractivity contribution is 5.77. The van der Waals surface area contributed by atoms with Crippen LogP contribution < -0.4 is 5.32 Å². The number of esters is 1. The molecule has 1 atom stereocenters. The van der Waals surface area contributed by atoms with Crippen molar-refractivity contribution in [2.75, 3.05) is 34.3 Å². The Morgan fingerprint density at radius 3 is 2.89 bits per heavy atom. The Balaban J connectivity index is 2.69. The Morgan fingerprint density at radius 1 is 1.58 bits per heavy atom. The first-order chi connectivity index (χ1) is 9.08. The van der Waals surface area contributed by atoms with Gasteiger partial charge in [0.05, 0.1) is 13.3 Å². The molecular formula is C13H24N4O2. The van der Waals surface area contributed by atoms with Crippen molar-refractivity contribution in [3.63, 3.8) is 0 Å². The molecule has 6 nitrogen and oxygen atoms in total. The molecule has 1 unspecified atom stereocenters. The molecular weight excluding hydrogens is 244 g/mol. The summed E-state index contributed by atoms with van der Waals surface area (Å²) in [4.78, 5) is 13.9. The van der Waals surface area contributed by atoms with Gasteiger partial charge in [-0.05, 0) is 20.5 Å². The second-order valence-electron chi connectivity index (χ2n) is 4.75. The molecule has 6 heteroatoms. The van der Waals surface area contributed by atoms with Gasteiger partial charge in [0.2, 0.25) is 0 Å². The number of hydrogen-bond acceptors (Lipinski definition) is 5. The van der Waals surface area contributed by atoms with E-state index in [4.69, 9.17) is 4.74 Å². The Kier molecular flexibility index (Phi) is 6.52. The summed E-state index contributed by atoms with van der Waals surface area (Å²) in [6.07, 6.45) is 4.63. The minimum atomic E-state index is -0.449. The first-order valence-corrected chi connectivity index (χ1v) is 6.56. The van der Waals surface area contributed by atoms with E-state index in [-0.39, 0.29) is 5.97 Å². The monoisotopic (exact) mass is 268 g/mol. The molecule has 0 radical (unpaired) electrons. The molecule has 108 valence electrons. The number of methoxy groups -OCH3 is 1. The van der Waals surface area contributed by atoms with E-state index < -0.39 is 6.04 Å². The van der Waals surface area contributed by atoms with E-state index in [0.717, 1.165) is 25.1 Å². The van der Waals surface area contributed by atoms with E-state index in [0.29, 0.717) is 6.54 Å². The van der Waals surface area contributed by atoms with Crippen molar-refractivity contribution in [2.45, 2.75) is 25.9 Å². The predicted molar refractivity (Wildman–Crippen MR) is 73.8 cm³/mol. The maximum absolute atomic E-state index is 11.8. The third kappa shape index (κ3) is 5.00. The Morgan fingerprint density at radius 2 is 2.32 bits per heavy atom. The number of carbonyl (C=O) groups is 1. The lowest BCUT2D eigenvalue weighted by molar-refractivity contribution is -0.143. The number of aromatic nitrogens is 2. The van der Waals surface area contributed by atoms with Gasteiger partial charge in [0, 0.05) is 31.4 Å². The zero-order valence-corrected chi connectivity index (χ0v) is 12.2. The fourth-order valence-corrected chi connectivity index (χ4v) is 1.77. The maximum atomic E-state index is 11.8. The second kappa shape index (κ2) is 7.91. The van der Waals surface area contributed by atoms with Crippen molar-refractivity contribution in [2.24, 2.45) is 0 Å². The zero-order chi connectivity index (χ0) is 14.3. The van der Waals surface area contributed by atoms with Crippen molar-refractivity contribution in [3.05, 3.63) is 18.0 Å². The highest BCUT2D eigenvalue weighted by Crippen LogP contribution is 2.13. The van der Waals surface area contributed by atoms with Gasteiger partial charge in [0.25, 0.3) is 0 Å². The Bertz CT molecular complexity index is 390. The van der Waals surface area contributed by atoms with Gasteiger partial charge in [-0.15, -0.1) is 0 Å². The molecule has 1 aromatic rings. The molecule has 1 N–H and O–H groups in total. The summed E-state index contributed by atoms with van der Waals surface area (Å²) in [5.41, 5.74) is 0.846. The van der Waals surface area contributed by atoms with Crippen LogP contribution in [0.5, 0.6) is 0 Å². The van der Waals surface area contributed by atoms with Crippen LogP contribution in [0.25, 0.3) is 0 Å². The van der Waals surface area contributed by atoms with Crippen molar-refractivity contribution in [3.8, 4) is 0 Å². The third-order valence-corrected chi connectivity index (χ3v) is 2.78. The number of rotatable bonds is 8. The van der Waals surface area contributed by atoms with Crippen molar-refractivity contribution >= 4 is 5.97 Å². The van der Waals surface area contributed by atoms with Crippen LogP contribution in [0.3, 0.4) is 0 Å². The smallest absolute Gasteiger partial charge is 0.327 e. The van der Waals surface area contributed by atoms with Crippen LogP contribution in [-0.4, -0.2) is 54.9 Å². The Hall–Kier alpha value is -1.40. The molecule has 0 aromatic carbocycles. The summed E-state index contributed by atoms with van der Waals surface area (Å²) in [5.74, 6) is -0.283. The number of ether oxygens (including phenoxy) is 1. The molecule has 0 saturated carbocycles. The van der Waals surface area contributed by atoms with Crippen LogP contribution in [0.15, 0.2) is 12.4 Å². The summed E-state index contributed by atoms with van der Waals surface area (Å²) in [5, 5.41) is 7.45. The molecule has 0 amide bonds. The summed E-state index contributed by atoms with van der Waals surface area (Å²) >= 11 is 0. The van der Waals surface area contributed by atoms with Gasteiger partial charge in [0.1, 0.15) is 6.04 Å². The van der Waals surface area contributed by atoms with Gasteiger partial charge < -0.3 is 9.64 Å². The van der Waals surface area contributed by atoms with Gasteiger partial charge in [-0.2, -0.15) is 5.10 Å². The lowest BCUT2D eigenvalue weighted by Gasteiger charge is -2.16. The molecule has 0 aliphatic heterocycles. The molecule has 1 aromatic heterocycles. The lowest BCUT2D eigenvalue weighted by Crippen LogP contribution is -2.34. The molecule has 1 heterocycles. The number of carbonyl (C=O) groups excluding carboxylic acids is 1. The van der Waals surface area contributed by atoms with Crippen LogP contribution in [0.4, 0.5) is 0 Å².